The summed E-state index contributed by atoms with van der Waals surface area (Å²) in [4.78, 5) is 24.7. The summed E-state index contributed by atoms with van der Waals surface area (Å²) in [5.41, 5.74) is 0. The van der Waals surface area contributed by atoms with E-state index in [0.717, 1.165) is 17.7 Å². The molecule has 0 bridgehead atoms. The molecule has 1 N–H and O–H groups in total. The molecule has 2 rings (SSSR count). The average molecular weight is 367 g/mol. The molecule has 1 saturated carbocycles. The van der Waals surface area contributed by atoms with Crippen LogP contribution in [0.25, 0.3) is 0 Å². The number of nitrogens with one attached hydrogen (secondary N) is 1. The SMILES string of the molecule is C[C@@H](OC(=O)CCSc1ccc(F)cc1)C(=O)NCC1CCCCC1. The fraction of sp³-hybridized carbons (Fsp3) is 0.579. The van der Waals surface area contributed by atoms with E-state index in [-0.39, 0.29) is 18.1 Å². The molecule has 1 fully saturated rings. The molecule has 1 atom stereocenters. The quantitative estimate of drug-likeness (QED) is 0.559. The summed E-state index contributed by atoms with van der Waals surface area (Å²) in [5.74, 6) is 0.172. The molecule has 0 unspecified atom stereocenters. The number of carbonyl (C=O) groups excluding carboxylic acids is 2. The fourth-order valence-electron chi connectivity index (χ4n) is 2.87. The third kappa shape index (κ3) is 7.46. The van der Waals surface area contributed by atoms with Gasteiger partial charge in [0, 0.05) is 17.2 Å². The maximum Gasteiger partial charge on any atom is 0.307 e. The highest BCUT2D eigenvalue weighted by Crippen LogP contribution is 2.23. The number of hydrogen-bond donors (Lipinski definition) is 1. The summed E-state index contributed by atoms with van der Waals surface area (Å²) in [6.45, 7) is 2.27. The highest BCUT2D eigenvalue weighted by molar-refractivity contribution is 7.99. The molecule has 1 aromatic rings. The van der Waals surface area contributed by atoms with Crippen LogP contribution >= 0.6 is 11.8 Å². The predicted octanol–water partition coefficient (Wildman–Crippen LogP) is 3.94. The second kappa shape index (κ2) is 10.4. The molecule has 1 aliphatic rings. The monoisotopic (exact) mass is 367 g/mol. The summed E-state index contributed by atoms with van der Waals surface area (Å²) in [6.07, 6.45) is 5.51. The maximum absolute atomic E-state index is 12.8. The number of thioether (sulfide) groups is 1. The van der Waals surface area contributed by atoms with E-state index in [1.165, 1.54) is 43.2 Å². The molecule has 1 aliphatic carbocycles. The van der Waals surface area contributed by atoms with Crippen molar-refractivity contribution in [1.82, 2.24) is 5.32 Å². The van der Waals surface area contributed by atoms with Crippen molar-refractivity contribution < 1.29 is 18.7 Å². The normalized spacial score (nSPS) is 16.2. The van der Waals surface area contributed by atoms with Gasteiger partial charge in [-0.25, -0.2) is 4.39 Å². The second-order valence-corrected chi connectivity index (χ2v) is 7.60. The summed E-state index contributed by atoms with van der Waals surface area (Å²) in [7, 11) is 0. The van der Waals surface area contributed by atoms with Gasteiger partial charge in [-0.05, 0) is 49.9 Å². The van der Waals surface area contributed by atoms with E-state index in [1.807, 2.05) is 0 Å². The Bertz CT molecular complexity index is 558. The number of amides is 1. The van der Waals surface area contributed by atoms with Gasteiger partial charge in [-0.2, -0.15) is 0 Å². The van der Waals surface area contributed by atoms with E-state index in [4.69, 9.17) is 4.74 Å². The highest BCUT2D eigenvalue weighted by atomic mass is 32.2. The van der Waals surface area contributed by atoms with Gasteiger partial charge >= 0.3 is 5.97 Å². The molecule has 0 heterocycles. The molecule has 0 aliphatic heterocycles. The van der Waals surface area contributed by atoms with Crippen LogP contribution in [0.5, 0.6) is 0 Å². The number of carbonyl (C=O) groups is 2. The van der Waals surface area contributed by atoms with Crippen molar-refractivity contribution in [2.24, 2.45) is 5.92 Å². The first-order valence-corrected chi connectivity index (χ1v) is 9.88. The van der Waals surface area contributed by atoms with Crippen LogP contribution in [0.15, 0.2) is 29.2 Å². The van der Waals surface area contributed by atoms with Gasteiger partial charge in [0.25, 0.3) is 5.91 Å². The van der Waals surface area contributed by atoms with Crippen LogP contribution in [0, 0.1) is 11.7 Å². The first-order chi connectivity index (χ1) is 12.0. The molecule has 4 nitrogen and oxygen atoms in total. The number of ether oxygens (including phenoxy) is 1. The molecule has 1 aromatic carbocycles. The van der Waals surface area contributed by atoms with Gasteiger partial charge in [-0.1, -0.05) is 19.3 Å². The van der Waals surface area contributed by atoms with Crippen molar-refractivity contribution >= 4 is 23.6 Å². The Morgan fingerprint density at radius 3 is 2.60 bits per heavy atom. The van der Waals surface area contributed by atoms with Gasteiger partial charge < -0.3 is 10.1 Å². The molecule has 6 heteroatoms. The predicted molar refractivity (Wildman–Crippen MR) is 96.9 cm³/mol. The lowest BCUT2D eigenvalue weighted by Crippen LogP contribution is -2.38. The Balaban J connectivity index is 1.61. The number of halogens is 1. The van der Waals surface area contributed by atoms with Crippen molar-refractivity contribution in [1.29, 1.82) is 0 Å². The average Bonchev–Trinajstić information content (AvgIpc) is 2.62. The third-order valence-corrected chi connectivity index (χ3v) is 5.37. The molecular weight excluding hydrogens is 341 g/mol. The molecular formula is C19H26FNO3S. The van der Waals surface area contributed by atoms with Crippen molar-refractivity contribution in [3.05, 3.63) is 30.1 Å². The van der Waals surface area contributed by atoms with E-state index in [9.17, 15) is 14.0 Å². The topological polar surface area (TPSA) is 55.4 Å². The van der Waals surface area contributed by atoms with Gasteiger partial charge in [0.05, 0.1) is 6.42 Å². The van der Waals surface area contributed by atoms with Crippen molar-refractivity contribution in [3.63, 3.8) is 0 Å². The lowest BCUT2D eigenvalue weighted by atomic mass is 9.89. The van der Waals surface area contributed by atoms with Crippen molar-refractivity contribution in [2.45, 2.75) is 56.4 Å². The Morgan fingerprint density at radius 1 is 1.24 bits per heavy atom. The Kier molecular flexibility index (Phi) is 8.25. The smallest absolute Gasteiger partial charge is 0.307 e. The molecule has 1 amide bonds. The maximum atomic E-state index is 12.8. The zero-order chi connectivity index (χ0) is 18.1. The number of rotatable bonds is 8. The summed E-state index contributed by atoms with van der Waals surface area (Å²) < 4.78 is 18.0. The van der Waals surface area contributed by atoms with E-state index >= 15 is 0 Å². The first kappa shape index (κ1) is 19.8. The Morgan fingerprint density at radius 2 is 1.92 bits per heavy atom. The van der Waals surface area contributed by atoms with Crippen LogP contribution < -0.4 is 5.32 Å². The van der Waals surface area contributed by atoms with Crippen LogP contribution in [0.1, 0.15) is 45.4 Å². The molecule has 0 spiro atoms. The van der Waals surface area contributed by atoms with Gasteiger partial charge in [0.1, 0.15) is 5.82 Å². The highest BCUT2D eigenvalue weighted by Gasteiger charge is 2.20. The Hall–Kier alpha value is -1.56. The molecule has 0 radical (unpaired) electrons. The summed E-state index contributed by atoms with van der Waals surface area (Å²) >= 11 is 1.45. The molecule has 138 valence electrons. The van der Waals surface area contributed by atoms with Gasteiger partial charge in [0.15, 0.2) is 6.10 Å². The van der Waals surface area contributed by atoms with Crippen molar-refractivity contribution in [2.75, 3.05) is 12.3 Å². The van der Waals surface area contributed by atoms with Gasteiger partial charge in [0.2, 0.25) is 0 Å². The minimum absolute atomic E-state index is 0.211. The number of benzene rings is 1. The van der Waals surface area contributed by atoms with Crippen LogP contribution in [-0.4, -0.2) is 30.3 Å². The van der Waals surface area contributed by atoms with Crippen LogP contribution in [0.4, 0.5) is 4.39 Å². The zero-order valence-electron chi connectivity index (χ0n) is 14.6. The third-order valence-electron chi connectivity index (χ3n) is 4.36. The lowest BCUT2D eigenvalue weighted by Gasteiger charge is -2.22. The molecule has 0 aromatic heterocycles. The largest absolute Gasteiger partial charge is 0.453 e. The van der Waals surface area contributed by atoms with E-state index in [0.29, 0.717) is 18.2 Å². The zero-order valence-corrected chi connectivity index (χ0v) is 15.4. The first-order valence-electron chi connectivity index (χ1n) is 8.90. The number of hydrogen-bond acceptors (Lipinski definition) is 4. The van der Waals surface area contributed by atoms with E-state index < -0.39 is 12.1 Å². The molecule has 25 heavy (non-hydrogen) atoms. The van der Waals surface area contributed by atoms with E-state index in [1.54, 1.807) is 19.1 Å². The van der Waals surface area contributed by atoms with Gasteiger partial charge in [-0.15, -0.1) is 11.8 Å². The van der Waals surface area contributed by atoms with Crippen LogP contribution in [-0.2, 0) is 14.3 Å². The summed E-state index contributed by atoms with van der Waals surface area (Å²) in [5, 5.41) is 2.89. The van der Waals surface area contributed by atoms with Crippen molar-refractivity contribution in [3.8, 4) is 0 Å². The van der Waals surface area contributed by atoms with E-state index in [2.05, 4.69) is 5.32 Å². The molecule has 0 saturated heterocycles. The standard InChI is InChI=1S/C19H26FNO3S/c1-14(19(23)21-13-15-5-3-2-4-6-15)24-18(22)11-12-25-17-9-7-16(20)8-10-17/h7-10,14-15H,2-6,11-13H2,1H3,(H,21,23)/t14-/m1/s1. The summed E-state index contributed by atoms with van der Waals surface area (Å²) in [6, 6.07) is 6.12. The second-order valence-electron chi connectivity index (χ2n) is 6.43. The van der Waals surface area contributed by atoms with Crippen LogP contribution in [0.3, 0.4) is 0 Å². The van der Waals surface area contributed by atoms with Crippen LogP contribution in [0.2, 0.25) is 0 Å². The van der Waals surface area contributed by atoms with Gasteiger partial charge in [-0.3, -0.25) is 9.59 Å². The fourth-order valence-corrected chi connectivity index (χ4v) is 3.71. The minimum Gasteiger partial charge on any atom is -0.453 e. The lowest BCUT2D eigenvalue weighted by molar-refractivity contribution is -0.154. The number of esters is 1. The Labute approximate surface area is 152 Å². The minimum atomic E-state index is -0.771.